The molecule has 0 radical (unpaired) electrons. The van der Waals surface area contributed by atoms with Gasteiger partial charge in [-0.1, -0.05) is 0 Å². The third-order valence-corrected chi connectivity index (χ3v) is 1.03. The number of nitrogen functional groups attached to an aromatic ring is 1. The van der Waals surface area contributed by atoms with Gasteiger partial charge in [-0.05, 0) is 17.7 Å². The van der Waals surface area contributed by atoms with E-state index in [2.05, 4.69) is 4.98 Å². The van der Waals surface area contributed by atoms with Crippen LogP contribution in [0.15, 0.2) is 18.3 Å². The number of hydrogen-bond donors (Lipinski definition) is 2. The Hall–Kier alpha value is -0.800. The third-order valence-electron chi connectivity index (χ3n) is 1.03. The molecular weight excluding hydrogens is 152 g/mol. The van der Waals surface area contributed by atoms with Gasteiger partial charge in [-0.15, -0.1) is 12.4 Å². The first kappa shape index (κ1) is 9.20. The number of aliphatic hydroxyl groups excluding tert-OH is 1. The van der Waals surface area contributed by atoms with E-state index in [0.717, 1.165) is 5.56 Å². The summed E-state index contributed by atoms with van der Waals surface area (Å²) >= 11 is 0. The molecule has 3 nitrogen and oxygen atoms in total. The lowest BCUT2D eigenvalue weighted by molar-refractivity contribution is 0.282. The Morgan fingerprint density at radius 3 is 2.70 bits per heavy atom. The molecule has 10 heavy (non-hydrogen) atoms. The number of hydrogen-bond acceptors (Lipinski definition) is 3. The Morgan fingerprint density at radius 1 is 1.60 bits per heavy atom. The maximum atomic E-state index is 8.58. The number of anilines is 1. The Labute approximate surface area is 65.3 Å². The van der Waals surface area contributed by atoms with Crippen LogP contribution in [0.5, 0.6) is 0 Å². The van der Waals surface area contributed by atoms with Crippen LogP contribution in [0.1, 0.15) is 5.56 Å². The molecule has 0 amide bonds. The minimum absolute atomic E-state index is 0. The molecule has 1 aromatic heterocycles. The predicted molar refractivity (Wildman–Crippen MR) is 41.8 cm³/mol. The van der Waals surface area contributed by atoms with E-state index >= 15 is 0 Å². The molecule has 0 unspecified atom stereocenters. The molecule has 0 aliphatic rings. The summed E-state index contributed by atoms with van der Waals surface area (Å²) < 4.78 is 0. The van der Waals surface area contributed by atoms with E-state index in [1.807, 2.05) is 0 Å². The first-order valence-corrected chi connectivity index (χ1v) is 2.64. The van der Waals surface area contributed by atoms with Crippen LogP contribution in [0.2, 0.25) is 0 Å². The van der Waals surface area contributed by atoms with Crippen molar-refractivity contribution in [3.05, 3.63) is 23.9 Å². The molecule has 0 aliphatic heterocycles. The van der Waals surface area contributed by atoms with Crippen LogP contribution in [0.25, 0.3) is 0 Å². The highest BCUT2D eigenvalue weighted by molar-refractivity contribution is 5.85. The van der Waals surface area contributed by atoms with Crippen LogP contribution in [-0.4, -0.2) is 10.1 Å². The zero-order valence-corrected chi connectivity index (χ0v) is 6.14. The first-order valence-electron chi connectivity index (χ1n) is 2.64. The molecule has 56 valence electrons. The molecule has 1 rings (SSSR count). The van der Waals surface area contributed by atoms with Crippen LogP contribution in [0, 0.1) is 0 Å². The van der Waals surface area contributed by atoms with E-state index in [1.165, 1.54) is 0 Å². The summed E-state index contributed by atoms with van der Waals surface area (Å²) in [4.78, 5) is 3.75. The largest absolute Gasteiger partial charge is 0.392 e. The van der Waals surface area contributed by atoms with Crippen molar-refractivity contribution in [3.8, 4) is 0 Å². The molecule has 1 heterocycles. The van der Waals surface area contributed by atoms with E-state index in [1.54, 1.807) is 18.3 Å². The molecule has 0 spiro atoms. The molecular formula is C6H9ClN2O. The van der Waals surface area contributed by atoms with Gasteiger partial charge >= 0.3 is 0 Å². The SMILES string of the molecule is Cl.Nc1cc(CO)ccn1. The quantitative estimate of drug-likeness (QED) is 0.632. The summed E-state index contributed by atoms with van der Waals surface area (Å²) in [5, 5.41) is 8.58. The lowest BCUT2D eigenvalue weighted by Crippen LogP contribution is -1.91. The maximum Gasteiger partial charge on any atom is 0.123 e. The number of pyridine rings is 1. The van der Waals surface area contributed by atoms with E-state index in [0.29, 0.717) is 5.82 Å². The number of nitrogens with two attached hydrogens (primary N) is 1. The Kier molecular flexibility index (Phi) is 3.76. The van der Waals surface area contributed by atoms with Crippen molar-refractivity contribution >= 4 is 18.2 Å². The van der Waals surface area contributed by atoms with Gasteiger partial charge in [0.15, 0.2) is 0 Å². The van der Waals surface area contributed by atoms with Gasteiger partial charge in [0.1, 0.15) is 5.82 Å². The molecule has 0 atom stereocenters. The lowest BCUT2D eigenvalue weighted by atomic mass is 10.3. The molecule has 0 saturated heterocycles. The lowest BCUT2D eigenvalue weighted by Gasteiger charge is -1.94. The predicted octanol–water partition coefficient (Wildman–Crippen LogP) is 0.578. The van der Waals surface area contributed by atoms with Crippen molar-refractivity contribution in [3.63, 3.8) is 0 Å². The van der Waals surface area contributed by atoms with Gasteiger partial charge in [0.2, 0.25) is 0 Å². The summed E-state index contributed by atoms with van der Waals surface area (Å²) in [6.45, 7) is 0.0206. The van der Waals surface area contributed by atoms with Crippen LogP contribution in [0.4, 0.5) is 5.82 Å². The highest BCUT2D eigenvalue weighted by Gasteiger charge is 1.88. The summed E-state index contributed by atoms with van der Waals surface area (Å²) in [6, 6.07) is 3.36. The minimum atomic E-state index is 0. The Bertz CT molecular complexity index is 205. The van der Waals surface area contributed by atoms with Crippen molar-refractivity contribution in [1.82, 2.24) is 4.98 Å². The van der Waals surface area contributed by atoms with Crippen molar-refractivity contribution < 1.29 is 5.11 Å². The van der Waals surface area contributed by atoms with Crippen LogP contribution in [-0.2, 0) is 6.61 Å². The standard InChI is InChI=1S/C6H8N2O.ClH/c7-6-3-5(4-9)1-2-8-6;/h1-3,9H,4H2,(H2,7,8);1H. The van der Waals surface area contributed by atoms with E-state index < -0.39 is 0 Å². The molecule has 0 fully saturated rings. The van der Waals surface area contributed by atoms with Gasteiger partial charge in [0.25, 0.3) is 0 Å². The van der Waals surface area contributed by atoms with E-state index in [-0.39, 0.29) is 19.0 Å². The monoisotopic (exact) mass is 160 g/mol. The third kappa shape index (κ3) is 2.21. The fraction of sp³-hybridized carbons (Fsp3) is 0.167. The van der Waals surface area contributed by atoms with E-state index in [9.17, 15) is 0 Å². The fourth-order valence-corrected chi connectivity index (χ4v) is 0.593. The highest BCUT2D eigenvalue weighted by Crippen LogP contribution is 2.00. The maximum absolute atomic E-state index is 8.58. The molecule has 1 aromatic rings. The summed E-state index contributed by atoms with van der Waals surface area (Å²) in [6.07, 6.45) is 1.57. The normalized spacial score (nSPS) is 8.50. The number of nitrogens with zero attached hydrogens (tertiary/aromatic N) is 1. The smallest absolute Gasteiger partial charge is 0.123 e. The zero-order valence-electron chi connectivity index (χ0n) is 5.32. The molecule has 0 saturated carbocycles. The van der Waals surface area contributed by atoms with Crippen LogP contribution >= 0.6 is 12.4 Å². The fourth-order valence-electron chi connectivity index (χ4n) is 0.593. The van der Waals surface area contributed by atoms with Gasteiger partial charge in [-0.3, -0.25) is 0 Å². The second-order valence-corrected chi connectivity index (χ2v) is 1.75. The molecule has 0 aromatic carbocycles. The summed E-state index contributed by atoms with van der Waals surface area (Å²) in [7, 11) is 0. The van der Waals surface area contributed by atoms with Crippen molar-refractivity contribution in [2.24, 2.45) is 0 Å². The second kappa shape index (κ2) is 4.09. The van der Waals surface area contributed by atoms with Crippen molar-refractivity contribution in [2.45, 2.75) is 6.61 Å². The number of halogens is 1. The molecule has 0 aliphatic carbocycles. The average Bonchev–Trinajstić information content (AvgIpc) is 1.88. The highest BCUT2D eigenvalue weighted by atomic mass is 35.5. The topological polar surface area (TPSA) is 59.1 Å². The number of rotatable bonds is 1. The molecule has 0 bridgehead atoms. The zero-order chi connectivity index (χ0) is 6.69. The number of aliphatic hydroxyl groups is 1. The van der Waals surface area contributed by atoms with Crippen LogP contribution < -0.4 is 5.73 Å². The minimum Gasteiger partial charge on any atom is -0.392 e. The Morgan fingerprint density at radius 2 is 2.30 bits per heavy atom. The number of aromatic nitrogens is 1. The summed E-state index contributed by atoms with van der Waals surface area (Å²) in [5.41, 5.74) is 6.11. The van der Waals surface area contributed by atoms with Crippen molar-refractivity contribution in [2.75, 3.05) is 5.73 Å². The van der Waals surface area contributed by atoms with Gasteiger partial charge in [0, 0.05) is 6.20 Å². The van der Waals surface area contributed by atoms with Gasteiger partial charge in [-0.2, -0.15) is 0 Å². The van der Waals surface area contributed by atoms with Crippen molar-refractivity contribution in [1.29, 1.82) is 0 Å². The molecule has 3 N–H and O–H groups in total. The van der Waals surface area contributed by atoms with Gasteiger partial charge in [-0.25, -0.2) is 4.98 Å². The van der Waals surface area contributed by atoms with Gasteiger partial charge < -0.3 is 10.8 Å². The molecule has 4 heteroatoms. The Balaban J connectivity index is 0.000000810. The first-order chi connectivity index (χ1) is 4.33. The van der Waals surface area contributed by atoms with Crippen LogP contribution in [0.3, 0.4) is 0 Å². The summed E-state index contributed by atoms with van der Waals surface area (Å²) in [5.74, 6) is 0.446. The van der Waals surface area contributed by atoms with Gasteiger partial charge in [0.05, 0.1) is 6.61 Å². The average molecular weight is 161 g/mol. The second-order valence-electron chi connectivity index (χ2n) is 1.75. The van der Waals surface area contributed by atoms with E-state index in [4.69, 9.17) is 10.8 Å².